The number of hydrogen-bond donors (Lipinski definition) is 1. The van der Waals surface area contributed by atoms with Crippen LogP contribution in [0.4, 0.5) is 0 Å². The van der Waals surface area contributed by atoms with E-state index in [1.807, 2.05) is 22.7 Å². The van der Waals surface area contributed by atoms with Crippen LogP contribution < -0.4 is 5.32 Å². The third-order valence-electron chi connectivity index (χ3n) is 3.01. The van der Waals surface area contributed by atoms with Gasteiger partial charge in [0.15, 0.2) is 5.15 Å². The highest BCUT2D eigenvalue weighted by Gasteiger charge is 2.22. The van der Waals surface area contributed by atoms with Crippen molar-refractivity contribution in [3.05, 3.63) is 34.3 Å². The number of halogens is 2. The van der Waals surface area contributed by atoms with E-state index in [0.29, 0.717) is 16.1 Å². The van der Waals surface area contributed by atoms with Gasteiger partial charge in [0.2, 0.25) is 0 Å². The summed E-state index contributed by atoms with van der Waals surface area (Å²) in [4.78, 5) is 4.44. The molecule has 3 rings (SSSR count). The molecular weight excluding hydrogens is 245 g/mol. The van der Waals surface area contributed by atoms with Crippen molar-refractivity contribution >= 4 is 28.7 Å². The molecule has 0 radical (unpaired) electrons. The van der Waals surface area contributed by atoms with Crippen LogP contribution in [0.2, 0.25) is 10.2 Å². The second-order valence-electron chi connectivity index (χ2n) is 4.05. The molecule has 0 spiro atoms. The van der Waals surface area contributed by atoms with Crippen LogP contribution >= 0.6 is 23.2 Å². The summed E-state index contributed by atoms with van der Waals surface area (Å²) in [6, 6.07) is 3.71. The minimum absolute atomic E-state index is 0.446. The van der Waals surface area contributed by atoms with Gasteiger partial charge in [-0.3, -0.25) is 0 Å². The van der Waals surface area contributed by atoms with Crippen molar-refractivity contribution < 1.29 is 0 Å². The number of pyridine rings is 1. The largest absolute Gasteiger partial charge is 0.316 e. The zero-order valence-electron chi connectivity index (χ0n) is 8.58. The van der Waals surface area contributed by atoms with Crippen molar-refractivity contribution in [2.24, 2.45) is 0 Å². The molecular formula is C11H11Cl2N3. The van der Waals surface area contributed by atoms with E-state index >= 15 is 0 Å². The molecule has 0 amide bonds. The molecule has 1 fully saturated rings. The summed E-state index contributed by atoms with van der Waals surface area (Å²) in [7, 11) is 0. The van der Waals surface area contributed by atoms with Crippen LogP contribution in [0.15, 0.2) is 18.3 Å². The molecule has 1 aliphatic rings. The van der Waals surface area contributed by atoms with Gasteiger partial charge in [0.05, 0.1) is 5.52 Å². The molecule has 1 aliphatic heterocycles. The normalized spacial score (nSPS) is 20.8. The van der Waals surface area contributed by atoms with Crippen molar-refractivity contribution in [1.29, 1.82) is 0 Å². The lowest BCUT2D eigenvalue weighted by Gasteiger charge is -2.06. The Morgan fingerprint density at radius 3 is 3.06 bits per heavy atom. The highest BCUT2D eigenvalue weighted by molar-refractivity contribution is 6.34. The molecule has 16 heavy (non-hydrogen) atoms. The van der Waals surface area contributed by atoms with Crippen molar-refractivity contribution in [1.82, 2.24) is 14.7 Å². The maximum Gasteiger partial charge on any atom is 0.155 e. The van der Waals surface area contributed by atoms with Crippen molar-refractivity contribution in [2.75, 3.05) is 13.1 Å². The molecule has 5 heteroatoms. The molecule has 0 saturated carbocycles. The molecule has 1 saturated heterocycles. The molecule has 3 nitrogen and oxygen atoms in total. The van der Waals surface area contributed by atoms with E-state index in [9.17, 15) is 0 Å². The van der Waals surface area contributed by atoms with Gasteiger partial charge in [-0.25, -0.2) is 4.98 Å². The summed E-state index contributed by atoms with van der Waals surface area (Å²) in [5.74, 6) is 1.47. The van der Waals surface area contributed by atoms with E-state index in [1.165, 1.54) is 0 Å². The molecule has 1 N–H and O–H groups in total. The van der Waals surface area contributed by atoms with Gasteiger partial charge in [-0.05, 0) is 25.1 Å². The third kappa shape index (κ3) is 1.59. The van der Waals surface area contributed by atoms with Gasteiger partial charge in [0.25, 0.3) is 0 Å². The van der Waals surface area contributed by atoms with Gasteiger partial charge in [0, 0.05) is 23.7 Å². The number of nitrogens with zero attached hydrogens (tertiary/aromatic N) is 2. The van der Waals surface area contributed by atoms with Crippen LogP contribution in [0.3, 0.4) is 0 Å². The molecule has 0 aliphatic carbocycles. The summed E-state index contributed by atoms with van der Waals surface area (Å²) in [6.07, 6.45) is 3.04. The minimum atomic E-state index is 0.446. The lowest BCUT2D eigenvalue weighted by atomic mass is 10.1. The van der Waals surface area contributed by atoms with Crippen LogP contribution in [0.5, 0.6) is 0 Å². The first kappa shape index (κ1) is 10.4. The molecule has 1 unspecified atom stereocenters. The molecule has 1 atom stereocenters. The number of fused-ring (bicyclic) bond motifs is 1. The Kier molecular flexibility index (Phi) is 2.54. The third-order valence-corrected chi connectivity index (χ3v) is 3.53. The van der Waals surface area contributed by atoms with Crippen molar-refractivity contribution in [3.8, 4) is 0 Å². The van der Waals surface area contributed by atoms with Gasteiger partial charge in [-0.2, -0.15) is 0 Å². The van der Waals surface area contributed by atoms with E-state index in [1.54, 1.807) is 0 Å². The van der Waals surface area contributed by atoms with Gasteiger partial charge < -0.3 is 9.72 Å². The first-order valence-corrected chi connectivity index (χ1v) is 6.05. The fourth-order valence-corrected chi connectivity index (χ4v) is 2.60. The second-order valence-corrected chi connectivity index (χ2v) is 4.85. The molecule has 84 valence electrons. The molecule has 3 heterocycles. The number of hydrogen-bond acceptors (Lipinski definition) is 2. The molecule has 0 aromatic carbocycles. The Bertz CT molecular complexity index is 529. The summed E-state index contributed by atoms with van der Waals surface area (Å²) in [5, 5.41) is 4.55. The summed E-state index contributed by atoms with van der Waals surface area (Å²) in [5.41, 5.74) is 0.885. The zero-order valence-corrected chi connectivity index (χ0v) is 10.1. The highest BCUT2D eigenvalue weighted by Crippen LogP contribution is 2.28. The molecule has 2 aromatic heterocycles. The van der Waals surface area contributed by atoms with E-state index < -0.39 is 0 Å². The van der Waals surface area contributed by atoms with Gasteiger partial charge in [0.1, 0.15) is 5.82 Å². The maximum absolute atomic E-state index is 6.12. The molecule has 2 aromatic rings. The van der Waals surface area contributed by atoms with Crippen LogP contribution in [-0.2, 0) is 0 Å². The van der Waals surface area contributed by atoms with E-state index in [4.69, 9.17) is 23.2 Å². The summed E-state index contributed by atoms with van der Waals surface area (Å²) in [6.45, 7) is 2.02. The first-order chi connectivity index (χ1) is 7.75. The summed E-state index contributed by atoms with van der Waals surface area (Å²) >= 11 is 12.1. The fraction of sp³-hybridized carbons (Fsp3) is 0.364. The first-order valence-electron chi connectivity index (χ1n) is 5.29. The maximum atomic E-state index is 6.12. The SMILES string of the molecule is Clc1ccn2c(C3CCNC3)nc(Cl)c2c1. The quantitative estimate of drug-likeness (QED) is 0.850. The van der Waals surface area contributed by atoms with Crippen LogP contribution in [-0.4, -0.2) is 22.5 Å². The predicted octanol–water partition coefficient (Wildman–Crippen LogP) is 2.72. The minimum Gasteiger partial charge on any atom is -0.316 e. The van der Waals surface area contributed by atoms with Crippen molar-refractivity contribution in [2.45, 2.75) is 12.3 Å². The number of nitrogens with one attached hydrogen (secondary N) is 1. The Morgan fingerprint density at radius 2 is 2.31 bits per heavy atom. The van der Waals surface area contributed by atoms with Gasteiger partial charge >= 0.3 is 0 Å². The number of rotatable bonds is 1. The lowest BCUT2D eigenvalue weighted by Crippen LogP contribution is -2.10. The summed E-state index contributed by atoms with van der Waals surface area (Å²) < 4.78 is 2.03. The number of imidazole rings is 1. The Morgan fingerprint density at radius 1 is 1.44 bits per heavy atom. The number of aromatic nitrogens is 2. The molecule has 0 bridgehead atoms. The van der Waals surface area contributed by atoms with Crippen LogP contribution in [0.25, 0.3) is 5.52 Å². The van der Waals surface area contributed by atoms with E-state index in [-0.39, 0.29) is 0 Å². The second kappa shape index (κ2) is 3.91. The monoisotopic (exact) mass is 255 g/mol. The fourth-order valence-electron chi connectivity index (χ4n) is 2.21. The average molecular weight is 256 g/mol. The Hall–Kier alpha value is -0.770. The Labute approximate surface area is 103 Å². The predicted molar refractivity (Wildman–Crippen MR) is 65.4 cm³/mol. The van der Waals surface area contributed by atoms with Gasteiger partial charge in [-0.1, -0.05) is 23.2 Å². The van der Waals surface area contributed by atoms with Crippen LogP contribution in [0.1, 0.15) is 18.2 Å². The van der Waals surface area contributed by atoms with Gasteiger partial charge in [-0.15, -0.1) is 0 Å². The lowest BCUT2D eigenvalue weighted by molar-refractivity contribution is 0.699. The zero-order chi connectivity index (χ0) is 11.1. The standard InChI is InChI=1S/C11H11Cl2N3/c12-8-2-4-16-9(5-8)10(13)15-11(16)7-1-3-14-6-7/h2,4-5,7,14H,1,3,6H2. The van der Waals surface area contributed by atoms with E-state index in [2.05, 4.69) is 10.3 Å². The average Bonchev–Trinajstić information content (AvgIpc) is 2.87. The Balaban J connectivity index is 2.18. The van der Waals surface area contributed by atoms with E-state index in [0.717, 1.165) is 30.9 Å². The topological polar surface area (TPSA) is 29.3 Å². The smallest absolute Gasteiger partial charge is 0.155 e. The van der Waals surface area contributed by atoms with Crippen molar-refractivity contribution in [3.63, 3.8) is 0 Å². The van der Waals surface area contributed by atoms with Crippen LogP contribution in [0, 0.1) is 0 Å². The highest BCUT2D eigenvalue weighted by atomic mass is 35.5.